The molecule has 0 unspecified atom stereocenters. The molecule has 0 fully saturated rings. The van der Waals surface area contributed by atoms with Gasteiger partial charge in [-0.3, -0.25) is 0 Å². The van der Waals surface area contributed by atoms with E-state index < -0.39 is 5.41 Å². The number of terminal acetylenes is 4. The summed E-state index contributed by atoms with van der Waals surface area (Å²) < 4.78 is 25.4. The number of benzene rings is 4. The number of hydrogen-bond donors (Lipinski definition) is 0. The molecule has 4 aromatic rings. The Hall–Kier alpha value is -4.72. The zero-order valence-corrected chi connectivity index (χ0v) is 27.5. The van der Waals surface area contributed by atoms with E-state index in [1.165, 1.54) is 11.1 Å². The van der Waals surface area contributed by atoms with Gasteiger partial charge in [-0.15, -0.1) is 25.7 Å². The minimum absolute atomic E-state index is 0.125. The lowest BCUT2D eigenvalue weighted by atomic mass is 9.69. The van der Waals surface area contributed by atoms with E-state index in [-0.39, 0.29) is 26.4 Å². The first-order valence-electron chi connectivity index (χ1n) is 14.0. The lowest BCUT2D eigenvalue weighted by Gasteiger charge is -2.33. The molecule has 0 atom stereocenters. The van der Waals surface area contributed by atoms with Crippen LogP contribution in [0.1, 0.15) is 22.3 Å². The van der Waals surface area contributed by atoms with Gasteiger partial charge in [0.05, 0.1) is 0 Å². The number of halogens is 2. The summed E-state index contributed by atoms with van der Waals surface area (Å²) in [6.45, 7) is 0.498. The summed E-state index contributed by atoms with van der Waals surface area (Å²) in [5.74, 6) is 12.5. The maximum absolute atomic E-state index is 5.87. The van der Waals surface area contributed by atoms with E-state index in [4.69, 9.17) is 44.6 Å². The first-order chi connectivity index (χ1) is 21.9. The Kier molecular flexibility index (Phi) is 10.1. The number of rotatable bonds is 12. The first-order valence-corrected chi connectivity index (χ1v) is 15.6. The van der Waals surface area contributed by atoms with Gasteiger partial charge in [-0.25, -0.2) is 0 Å². The summed E-state index contributed by atoms with van der Waals surface area (Å²) in [7, 11) is 0. The molecule has 0 spiro atoms. The topological polar surface area (TPSA) is 36.9 Å². The summed E-state index contributed by atoms with van der Waals surface area (Å²) >= 11 is 7.49. The van der Waals surface area contributed by atoms with E-state index in [0.717, 1.165) is 31.2 Å². The molecule has 6 heteroatoms. The van der Waals surface area contributed by atoms with Crippen molar-refractivity contribution in [3.05, 3.63) is 104 Å². The molecule has 0 saturated heterocycles. The first kappa shape index (κ1) is 31.7. The Bertz CT molecular complexity index is 1690. The second-order valence-corrected chi connectivity index (χ2v) is 12.2. The molecule has 4 aromatic carbocycles. The van der Waals surface area contributed by atoms with Crippen molar-refractivity contribution in [2.75, 3.05) is 26.4 Å². The molecule has 45 heavy (non-hydrogen) atoms. The summed E-state index contributed by atoms with van der Waals surface area (Å²) in [6, 6.07) is 24.5. The van der Waals surface area contributed by atoms with Crippen LogP contribution >= 0.6 is 31.9 Å². The van der Waals surface area contributed by atoms with E-state index in [9.17, 15) is 0 Å². The summed E-state index contributed by atoms with van der Waals surface area (Å²) in [6.07, 6.45) is 23.2. The Morgan fingerprint density at radius 2 is 0.822 bits per heavy atom. The molecule has 0 bridgehead atoms. The zero-order chi connectivity index (χ0) is 31.8. The maximum atomic E-state index is 5.87. The molecule has 0 saturated carbocycles. The smallest absolute Gasteiger partial charge is 0.148 e. The Labute approximate surface area is 281 Å². The van der Waals surface area contributed by atoms with E-state index in [1.807, 2.05) is 24.3 Å². The Balaban J connectivity index is 1.72. The van der Waals surface area contributed by atoms with Crippen molar-refractivity contribution in [1.82, 2.24) is 0 Å². The molecule has 222 valence electrons. The molecular weight excluding hydrogens is 692 g/mol. The third-order valence-electron chi connectivity index (χ3n) is 7.46. The normalized spacial score (nSPS) is 12.0. The fourth-order valence-electron chi connectivity index (χ4n) is 5.88. The predicted molar refractivity (Wildman–Crippen MR) is 186 cm³/mol. The minimum atomic E-state index is -0.541. The molecule has 0 aromatic heterocycles. The van der Waals surface area contributed by atoms with Crippen molar-refractivity contribution < 1.29 is 18.9 Å². The van der Waals surface area contributed by atoms with E-state index in [2.05, 4.69) is 91.9 Å². The molecule has 0 aliphatic heterocycles. The van der Waals surface area contributed by atoms with E-state index >= 15 is 0 Å². The highest BCUT2D eigenvalue weighted by molar-refractivity contribution is 9.10. The molecule has 0 N–H and O–H groups in total. The molecule has 0 amide bonds. The Morgan fingerprint density at radius 3 is 1.13 bits per heavy atom. The van der Waals surface area contributed by atoms with Crippen LogP contribution < -0.4 is 18.9 Å². The van der Waals surface area contributed by atoms with Gasteiger partial charge in [-0.2, -0.15) is 0 Å². The number of fused-ring (bicyclic) bond motifs is 3. The highest BCUT2D eigenvalue weighted by atomic mass is 79.9. The van der Waals surface area contributed by atoms with Gasteiger partial charge in [0.2, 0.25) is 0 Å². The third-order valence-corrected chi connectivity index (χ3v) is 8.45. The third kappa shape index (κ3) is 7.17. The monoisotopic (exact) mass is 718 g/mol. The van der Waals surface area contributed by atoms with Gasteiger partial charge in [0.25, 0.3) is 0 Å². The van der Waals surface area contributed by atoms with Crippen molar-refractivity contribution in [3.63, 3.8) is 0 Å². The molecule has 5 rings (SSSR count). The van der Waals surface area contributed by atoms with Crippen LogP contribution in [0.2, 0.25) is 0 Å². The van der Waals surface area contributed by atoms with Crippen LogP contribution in [0.3, 0.4) is 0 Å². The van der Waals surface area contributed by atoms with Crippen LogP contribution in [0, 0.1) is 49.4 Å². The second-order valence-electron chi connectivity index (χ2n) is 10.4. The van der Waals surface area contributed by atoms with Gasteiger partial charge < -0.3 is 18.9 Å². The van der Waals surface area contributed by atoms with Gasteiger partial charge in [0.1, 0.15) is 49.4 Å². The zero-order valence-electron chi connectivity index (χ0n) is 24.4. The standard InChI is InChI=1S/C39H28Br2O4/c1-5-13-42-31-17-27(18-32(23-31)43-14-6-2)25-39(26-28-19-33(44-15-7-3)24-34(20-28)45-16-8-4)37-21-29(40)9-11-35(37)36-12-10-30(41)22-38(36)39/h1-4,9-12,17-24H,13-16,25-26H2. The fourth-order valence-corrected chi connectivity index (χ4v) is 6.60. The molecule has 4 nitrogen and oxygen atoms in total. The number of hydrogen-bond acceptors (Lipinski definition) is 4. The van der Waals surface area contributed by atoms with Crippen molar-refractivity contribution in [1.29, 1.82) is 0 Å². The van der Waals surface area contributed by atoms with Crippen LogP contribution in [-0.2, 0) is 18.3 Å². The van der Waals surface area contributed by atoms with Gasteiger partial charge in [-0.1, -0.05) is 67.7 Å². The summed E-state index contributed by atoms with van der Waals surface area (Å²) in [4.78, 5) is 0. The molecule has 1 aliphatic rings. The van der Waals surface area contributed by atoms with Gasteiger partial charge in [0.15, 0.2) is 0 Å². The van der Waals surface area contributed by atoms with Crippen molar-refractivity contribution >= 4 is 31.9 Å². The van der Waals surface area contributed by atoms with Gasteiger partial charge in [-0.05, 0) is 94.8 Å². The SMILES string of the molecule is C#CCOc1cc(CC2(Cc3cc(OCC#C)cc(OCC#C)c3)c3cc(Br)ccc3-c3ccc(Br)cc32)cc(OCC#C)c1. The minimum Gasteiger partial charge on any atom is -0.481 e. The van der Waals surface area contributed by atoms with Crippen LogP contribution in [-0.4, -0.2) is 26.4 Å². The quantitative estimate of drug-likeness (QED) is 0.139. The average molecular weight is 720 g/mol. The van der Waals surface area contributed by atoms with Crippen LogP contribution in [0.4, 0.5) is 0 Å². The van der Waals surface area contributed by atoms with Crippen LogP contribution in [0.25, 0.3) is 11.1 Å². The maximum Gasteiger partial charge on any atom is 0.148 e. The number of ether oxygens (including phenoxy) is 4. The van der Waals surface area contributed by atoms with Gasteiger partial charge in [0, 0.05) is 26.5 Å². The van der Waals surface area contributed by atoms with Crippen molar-refractivity contribution in [2.24, 2.45) is 0 Å². The van der Waals surface area contributed by atoms with Crippen molar-refractivity contribution in [3.8, 4) is 83.5 Å². The summed E-state index contributed by atoms with van der Waals surface area (Å²) in [5, 5.41) is 0. The average Bonchev–Trinajstić information content (AvgIpc) is 3.27. The highest BCUT2D eigenvalue weighted by Gasteiger charge is 2.44. The summed E-state index contributed by atoms with van der Waals surface area (Å²) in [5.41, 5.74) is 6.10. The second kappa shape index (κ2) is 14.4. The highest BCUT2D eigenvalue weighted by Crippen LogP contribution is 2.54. The molecular formula is C39H28Br2O4. The Morgan fingerprint density at radius 1 is 0.489 bits per heavy atom. The van der Waals surface area contributed by atoms with E-state index in [1.54, 1.807) is 12.1 Å². The molecule has 1 aliphatic carbocycles. The van der Waals surface area contributed by atoms with Crippen LogP contribution in [0.15, 0.2) is 81.7 Å². The lowest BCUT2D eigenvalue weighted by molar-refractivity contribution is 0.349. The molecule has 0 radical (unpaired) electrons. The lowest BCUT2D eigenvalue weighted by Crippen LogP contribution is -2.31. The largest absolute Gasteiger partial charge is 0.481 e. The van der Waals surface area contributed by atoms with Crippen molar-refractivity contribution in [2.45, 2.75) is 18.3 Å². The van der Waals surface area contributed by atoms with E-state index in [0.29, 0.717) is 35.8 Å². The predicted octanol–water partition coefficient (Wildman–Crippen LogP) is 8.01. The van der Waals surface area contributed by atoms with Gasteiger partial charge >= 0.3 is 0 Å². The van der Waals surface area contributed by atoms with Crippen LogP contribution in [0.5, 0.6) is 23.0 Å². The fraction of sp³-hybridized carbons (Fsp3) is 0.179. The molecule has 0 heterocycles.